The highest BCUT2D eigenvalue weighted by molar-refractivity contribution is 7.84. The third-order valence-electron chi connectivity index (χ3n) is 4.45. The van der Waals surface area contributed by atoms with Crippen molar-refractivity contribution in [1.29, 1.82) is 0 Å². The van der Waals surface area contributed by atoms with E-state index in [0.29, 0.717) is 26.3 Å². The fourth-order valence-electron chi connectivity index (χ4n) is 3.11. The monoisotopic (exact) mass is 373 g/mol. The number of rotatable bonds is 4. The maximum absolute atomic E-state index is 12.4. The van der Waals surface area contributed by atoms with Gasteiger partial charge in [-0.2, -0.15) is 12.7 Å². The largest absolute Gasteiger partial charge is 0.385 e. The summed E-state index contributed by atoms with van der Waals surface area (Å²) in [4.78, 5) is 4.16. The molecular weight excluding hydrogens is 354 g/mol. The van der Waals surface area contributed by atoms with Gasteiger partial charge in [0.15, 0.2) is 5.75 Å². The van der Waals surface area contributed by atoms with Crippen LogP contribution in [0, 0.1) is 0 Å². The zero-order valence-corrected chi connectivity index (χ0v) is 15.1. The summed E-state index contributed by atoms with van der Waals surface area (Å²) >= 11 is 0. The lowest BCUT2D eigenvalue weighted by Gasteiger charge is -2.25. The fourth-order valence-corrected chi connectivity index (χ4v) is 4.15. The Morgan fingerprint density at radius 1 is 1.12 bits per heavy atom. The van der Waals surface area contributed by atoms with Gasteiger partial charge in [0.1, 0.15) is 0 Å². The first-order valence-electron chi connectivity index (χ1n) is 8.32. The number of benzene rings is 1. The molecule has 0 bridgehead atoms. The number of fused-ring (bicyclic) bond motifs is 1. The summed E-state index contributed by atoms with van der Waals surface area (Å²) in [5, 5.41) is 1.11. The van der Waals surface area contributed by atoms with Crippen molar-refractivity contribution in [3.05, 3.63) is 48.8 Å². The molecule has 0 saturated carbocycles. The van der Waals surface area contributed by atoms with Gasteiger partial charge < -0.3 is 13.5 Å². The van der Waals surface area contributed by atoms with Crippen LogP contribution in [0.4, 0.5) is 0 Å². The standard InChI is InChI=1S/C18H19N3O4S/c1-20-17-5-3-2-4-14(17)11-18(20)15-10-16(13-19-12-15)25-26(22,23)21-6-8-24-9-7-21/h2-5,10-13H,6-9H2,1H3. The maximum Gasteiger partial charge on any atom is 0.385 e. The minimum absolute atomic E-state index is 0.194. The third kappa shape index (κ3) is 3.18. The molecule has 0 N–H and O–H groups in total. The summed E-state index contributed by atoms with van der Waals surface area (Å²) in [6, 6.07) is 11.8. The highest BCUT2D eigenvalue weighted by Gasteiger charge is 2.26. The number of aromatic nitrogens is 2. The SMILES string of the molecule is Cn1c(-c2cncc(OS(=O)(=O)N3CCOCC3)c2)cc2ccccc21. The van der Waals surface area contributed by atoms with Gasteiger partial charge in [0.25, 0.3) is 0 Å². The lowest BCUT2D eigenvalue weighted by molar-refractivity contribution is 0.0698. The van der Waals surface area contributed by atoms with Crippen LogP contribution in [0.1, 0.15) is 0 Å². The quantitative estimate of drug-likeness (QED) is 0.701. The van der Waals surface area contributed by atoms with Crippen molar-refractivity contribution in [1.82, 2.24) is 13.9 Å². The van der Waals surface area contributed by atoms with Crippen LogP contribution >= 0.6 is 0 Å². The number of morpholine rings is 1. The van der Waals surface area contributed by atoms with Crippen molar-refractivity contribution in [3.63, 3.8) is 0 Å². The van der Waals surface area contributed by atoms with E-state index in [0.717, 1.165) is 22.2 Å². The second kappa shape index (κ2) is 6.71. The van der Waals surface area contributed by atoms with Crippen LogP contribution in [0.25, 0.3) is 22.2 Å². The van der Waals surface area contributed by atoms with Crippen molar-refractivity contribution in [3.8, 4) is 17.0 Å². The van der Waals surface area contributed by atoms with E-state index >= 15 is 0 Å². The minimum atomic E-state index is -3.86. The Morgan fingerprint density at radius 2 is 1.88 bits per heavy atom. The number of ether oxygens (including phenoxy) is 1. The summed E-state index contributed by atoms with van der Waals surface area (Å²) in [6.07, 6.45) is 3.10. The summed E-state index contributed by atoms with van der Waals surface area (Å²) in [7, 11) is -1.90. The topological polar surface area (TPSA) is 73.7 Å². The van der Waals surface area contributed by atoms with Crippen molar-refractivity contribution in [2.24, 2.45) is 7.05 Å². The van der Waals surface area contributed by atoms with Gasteiger partial charge in [0.2, 0.25) is 0 Å². The summed E-state index contributed by atoms with van der Waals surface area (Å²) in [5.74, 6) is 0.194. The van der Waals surface area contributed by atoms with Gasteiger partial charge in [0, 0.05) is 42.8 Å². The molecule has 4 rings (SSSR count). The van der Waals surface area contributed by atoms with E-state index < -0.39 is 10.3 Å². The lowest BCUT2D eigenvalue weighted by atomic mass is 10.2. The van der Waals surface area contributed by atoms with Crippen molar-refractivity contribution in [2.45, 2.75) is 0 Å². The van der Waals surface area contributed by atoms with Crippen molar-refractivity contribution in [2.75, 3.05) is 26.3 Å². The zero-order valence-electron chi connectivity index (χ0n) is 14.3. The Labute approximate surface area is 152 Å². The van der Waals surface area contributed by atoms with E-state index in [1.807, 2.05) is 41.9 Å². The average Bonchev–Trinajstić information content (AvgIpc) is 2.99. The molecule has 0 unspecified atom stereocenters. The molecule has 0 spiro atoms. The molecule has 1 saturated heterocycles. The Kier molecular flexibility index (Phi) is 4.39. The Morgan fingerprint density at radius 3 is 2.65 bits per heavy atom. The second-order valence-electron chi connectivity index (χ2n) is 6.11. The fraction of sp³-hybridized carbons (Fsp3) is 0.278. The van der Waals surface area contributed by atoms with Gasteiger partial charge in [-0.05, 0) is 18.2 Å². The van der Waals surface area contributed by atoms with E-state index in [4.69, 9.17) is 8.92 Å². The van der Waals surface area contributed by atoms with Gasteiger partial charge in [-0.3, -0.25) is 4.98 Å². The second-order valence-corrected chi connectivity index (χ2v) is 7.65. The summed E-state index contributed by atoms with van der Waals surface area (Å²) < 4.78 is 38.7. The molecule has 0 atom stereocenters. The lowest BCUT2D eigenvalue weighted by Crippen LogP contribution is -2.42. The van der Waals surface area contributed by atoms with Gasteiger partial charge in [-0.15, -0.1) is 0 Å². The Balaban J connectivity index is 1.65. The number of aryl methyl sites for hydroxylation is 1. The number of para-hydroxylation sites is 1. The number of pyridine rings is 1. The normalized spacial score (nSPS) is 16.0. The Bertz CT molecular complexity index is 1040. The highest BCUT2D eigenvalue weighted by atomic mass is 32.2. The first-order chi connectivity index (χ1) is 12.5. The van der Waals surface area contributed by atoms with Gasteiger partial charge >= 0.3 is 10.3 Å². The Hall–Kier alpha value is -2.42. The van der Waals surface area contributed by atoms with Gasteiger partial charge in [0.05, 0.1) is 25.1 Å². The predicted molar refractivity (Wildman–Crippen MR) is 98.1 cm³/mol. The highest BCUT2D eigenvalue weighted by Crippen LogP contribution is 2.29. The number of nitrogens with zero attached hydrogens (tertiary/aromatic N) is 3. The number of hydrogen-bond acceptors (Lipinski definition) is 5. The van der Waals surface area contributed by atoms with E-state index in [1.165, 1.54) is 10.5 Å². The molecule has 0 amide bonds. The molecule has 7 nitrogen and oxygen atoms in total. The van der Waals surface area contributed by atoms with Crippen LogP contribution in [0.2, 0.25) is 0 Å². The van der Waals surface area contributed by atoms with Gasteiger partial charge in [-0.1, -0.05) is 18.2 Å². The van der Waals surface area contributed by atoms with Crippen molar-refractivity contribution >= 4 is 21.2 Å². The first kappa shape index (κ1) is 17.0. The minimum Gasteiger partial charge on any atom is -0.379 e. The molecule has 1 fully saturated rings. The molecule has 3 aromatic rings. The molecule has 1 aromatic carbocycles. The molecule has 8 heteroatoms. The van der Waals surface area contributed by atoms with Crippen LogP contribution in [0.15, 0.2) is 48.8 Å². The van der Waals surface area contributed by atoms with Crippen molar-refractivity contribution < 1.29 is 17.3 Å². The zero-order chi connectivity index (χ0) is 18.1. The molecule has 136 valence electrons. The smallest absolute Gasteiger partial charge is 0.379 e. The third-order valence-corrected chi connectivity index (χ3v) is 5.85. The molecule has 1 aliphatic heterocycles. The van der Waals surface area contributed by atoms with E-state index in [1.54, 1.807) is 12.3 Å². The average molecular weight is 373 g/mol. The van der Waals surface area contributed by atoms with Crippen LogP contribution in [-0.2, 0) is 22.1 Å². The van der Waals surface area contributed by atoms with Gasteiger partial charge in [-0.25, -0.2) is 0 Å². The molecule has 3 heterocycles. The van der Waals surface area contributed by atoms with E-state index in [9.17, 15) is 8.42 Å². The van der Waals surface area contributed by atoms with Crippen LogP contribution < -0.4 is 4.18 Å². The van der Waals surface area contributed by atoms with Crippen LogP contribution in [0.5, 0.6) is 5.75 Å². The molecule has 2 aromatic heterocycles. The van der Waals surface area contributed by atoms with E-state index in [2.05, 4.69) is 4.98 Å². The molecule has 0 radical (unpaired) electrons. The maximum atomic E-state index is 12.4. The first-order valence-corrected chi connectivity index (χ1v) is 9.68. The predicted octanol–water partition coefficient (Wildman–Crippen LogP) is 2.20. The molecule has 26 heavy (non-hydrogen) atoms. The summed E-state index contributed by atoms with van der Waals surface area (Å²) in [5.41, 5.74) is 2.82. The summed E-state index contributed by atoms with van der Waals surface area (Å²) in [6.45, 7) is 1.32. The molecular formula is C18H19N3O4S. The molecule has 0 aliphatic carbocycles. The van der Waals surface area contributed by atoms with E-state index in [-0.39, 0.29) is 5.75 Å². The van der Waals surface area contributed by atoms with Crippen LogP contribution in [0.3, 0.4) is 0 Å². The number of hydrogen-bond donors (Lipinski definition) is 0. The molecule has 1 aliphatic rings. The van der Waals surface area contributed by atoms with Crippen LogP contribution in [-0.4, -0.2) is 48.6 Å².